The SMILES string of the molecule is COCC1CCCc2[nH]c3cnc(C(=O)O)c(C)c3c21.Cc1c(C(=O)O)ncc2[nH]c3c(c12)C(C)CCC3. The van der Waals surface area contributed by atoms with Gasteiger partial charge in [-0.2, -0.15) is 0 Å². The van der Waals surface area contributed by atoms with Gasteiger partial charge in [0.1, 0.15) is 0 Å². The first-order chi connectivity index (χ1) is 18.2. The van der Waals surface area contributed by atoms with E-state index in [1.165, 1.54) is 35.4 Å². The van der Waals surface area contributed by atoms with Gasteiger partial charge < -0.3 is 24.9 Å². The number of aromatic nitrogens is 4. The number of ether oxygens (including phenoxy) is 1. The molecule has 4 N–H and O–H groups in total. The molecule has 4 heterocycles. The van der Waals surface area contributed by atoms with Crippen LogP contribution in [0.5, 0.6) is 0 Å². The largest absolute Gasteiger partial charge is 0.477 e. The molecule has 200 valence electrons. The molecule has 0 saturated carbocycles. The smallest absolute Gasteiger partial charge is 0.354 e. The number of aromatic amines is 2. The summed E-state index contributed by atoms with van der Waals surface area (Å²) in [7, 11) is 1.71. The molecule has 0 amide bonds. The van der Waals surface area contributed by atoms with Crippen LogP contribution in [0, 0.1) is 13.8 Å². The Morgan fingerprint density at radius 2 is 1.39 bits per heavy atom. The molecule has 9 nitrogen and oxygen atoms in total. The van der Waals surface area contributed by atoms with E-state index in [4.69, 9.17) is 9.84 Å². The normalized spacial score (nSPS) is 18.5. The fourth-order valence-electron chi connectivity index (χ4n) is 6.45. The van der Waals surface area contributed by atoms with Crippen LogP contribution in [0.2, 0.25) is 0 Å². The minimum atomic E-state index is -0.974. The van der Waals surface area contributed by atoms with Crippen LogP contribution in [0.3, 0.4) is 0 Å². The number of aromatic carboxylic acids is 2. The predicted molar refractivity (Wildman–Crippen MR) is 144 cm³/mol. The van der Waals surface area contributed by atoms with Crippen LogP contribution in [0.25, 0.3) is 21.8 Å². The molecule has 2 unspecified atom stereocenters. The van der Waals surface area contributed by atoms with Crippen molar-refractivity contribution in [2.75, 3.05) is 13.7 Å². The van der Waals surface area contributed by atoms with E-state index in [1.54, 1.807) is 19.5 Å². The first-order valence-corrected chi connectivity index (χ1v) is 13.2. The summed E-state index contributed by atoms with van der Waals surface area (Å²) >= 11 is 0. The van der Waals surface area contributed by atoms with Crippen LogP contribution < -0.4 is 0 Å². The van der Waals surface area contributed by atoms with Gasteiger partial charge in [-0.3, -0.25) is 0 Å². The first kappa shape index (κ1) is 25.9. The molecule has 0 spiro atoms. The van der Waals surface area contributed by atoms with Gasteiger partial charge in [0.25, 0.3) is 0 Å². The molecule has 38 heavy (non-hydrogen) atoms. The third kappa shape index (κ3) is 4.34. The fraction of sp³-hybridized carbons (Fsp3) is 0.448. The van der Waals surface area contributed by atoms with Gasteiger partial charge >= 0.3 is 11.9 Å². The number of aryl methyl sites for hydroxylation is 4. The van der Waals surface area contributed by atoms with Crippen molar-refractivity contribution in [1.82, 2.24) is 19.9 Å². The highest BCUT2D eigenvalue weighted by Crippen LogP contribution is 2.40. The Balaban J connectivity index is 0.000000156. The molecule has 0 fully saturated rings. The van der Waals surface area contributed by atoms with E-state index < -0.39 is 11.9 Å². The van der Waals surface area contributed by atoms with Gasteiger partial charge in [0.2, 0.25) is 0 Å². The molecule has 0 aliphatic heterocycles. The third-order valence-electron chi connectivity index (χ3n) is 8.12. The number of hydrogen-bond donors (Lipinski definition) is 4. The highest BCUT2D eigenvalue weighted by molar-refractivity contribution is 5.97. The lowest BCUT2D eigenvalue weighted by molar-refractivity contribution is 0.0679. The number of hydrogen-bond acceptors (Lipinski definition) is 5. The summed E-state index contributed by atoms with van der Waals surface area (Å²) in [5.74, 6) is -1.10. The van der Waals surface area contributed by atoms with Crippen molar-refractivity contribution in [3.63, 3.8) is 0 Å². The molecule has 0 bridgehead atoms. The highest BCUT2D eigenvalue weighted by Gasteiger charge is 2.27. The molecule has 0 aromatic carbocycles. The second kappa shape index (κ2) is 10.2. The number of carbonyl (C=O) groups is 2. The number of H-pyrrole nitrogens is 2. The lowest BCUT2D eigenvalue weighted by atomic mass is 9.85. The van der Waals surface area contributed by atoms with Crippen molar-refractivity contribution in [3.8, 4) is 0 Å². The van der Waals surface area contributed by atoms with Gasteiger partial charge in [-0.05, 0) is 80.5 Å². The van der Waals surface area contributed by atoms with E-state index in [1.807, 2.05) is 13.8 Å². The van der Waals surface area contributed by atoms with Crippen LogP contribution in [0.4, 0.5) is 0 Å². The maximum Gasteiger partial charge on any atom is 0.354 e. The molecule has 6 rings (SSSR count). The Hall–Kier alpha value is -3.72. The molecule has 9 heteroatoms. The van der Waals surface area contributed by atoms with E-state index in [2.05, 4.69) is 26.9 Å². The summed E-state index contributed by atoms with van der Waals surface area (Å²) < 4.78 is 5.33. The monoisotopic (exact) mass is 518 g/mol. The maximum absolute atomic E-state index is 11.3. The average Bonchev–Trinajstić information content (AvgIpc) is 3.45. The molecular weight excluding hydrogens is 484 g/mol. The van der Waals surface area contributed by atoms with Crippen molar-refractivity contribution in [1.29, 1.82) is 0 Å². The number of carboxylic acid groups (broad SMARTS) is 2. The molecule has 0 saturated heterocycles. The van der Waals surface area contributed by atoms with Crippen molar-refractivity contribution < 1.29 is 24.5 Å². The zero-order chi connectivity index (χ0) is 27.1. The Morgan fingerprint density at radius 1 is 0.895 bits per heavy atom. The average molecular weight is 519 g/mol. The summed E-state index contributed by atoms with van der Waals surface area (Å²) in [4.78, 5) is 37.3. The molecular formula is C29H34N4O5. The van der Waals surface area contributed by atoms with Crippen molar-refractivity contribution in [3.05, 3.63) is 57.4 Å². The van der Waals surface area contributed by atoms with E-state index in [9.17, 15) is 14.7 Å². The Morgan fingerprint density at radius 3 is 1.92 bits per heavy atom. The minimum Gasteiger partial charge on any atom is -0.477 e. The summed E-state index contributed by atoms with van der Waals surface area (Å²) in [6.45, 7) is 6.58. The van der Waals surface area contributed by atoms with Crippen LogP contribution in [-0.2, 0) is 17.6 Å². The standard InChI is InChI=1S/C15H18N2O3.C14H16N2O2/c1-8-12-11(6-16-14(8)15(18)19)17-10-5-3-4-9(7-20-2)13(10)12;1-7-4-3-5-9-11(7)12-8(2)13(14(17)18)15-6-10(12)16-9/h6,9,17H,3-5,7H2,1-2H3,(H,18,19);6-7,16H,3-5H2,1-2H3,(H,17,18). The van der Waals surface area contributed by atoms with Gasteiger partial charge in [-0.15, -0.1) is 0 Å². The van der Waals surface area contributed by atoms with Crippen molar-refractivity contribution in [2.24, 2.45) is 0 Å². The number of nitrogens with one attached hydrogen (secondary N) is 2. The van der Waals surface area contributed by atoms with Crippen LogP contribution in [-0.4, -0.2) is 55.8 Å². The molecule has 2 aliphatic rings. The molecule has 0 radical (unpaired) electrons. The molecule has 2 aliphatic carbocycles. The van der Waals surface area contributed by atoms with Crippen LogP contribution in [0.15, 0.2) is 12.4 Å². The van der Waals surface area contributed by atoms with Gasteiger partial charge in [0.05, 0.1) is 30.0 Å². The number of carboxylic acids is 2. The third-order valence-corrected chi connectivity index (χ3v) is 8.12. The number of rotatable bonds is 4. The lowest BCUT2D eigenvalue weighted by Crippen LogP contribution is -2.14. The topological polar surface area (TPSA) is 141 Å². The van der Waals surface area contributed by atoms with Gasteiger partial charge in [-0.1, -0.05) is 6.92 Å². The van der Waals surface area contributed by atoms with Gasteiger partial charge in [0, 0.05) is 35.2 Å². The highest BCUT2D eigenvalue weighted by atomic mass is 16.5. The maximum atomic E-state index is 11.3. The number of methoxy groups -OCH3 is 1. The predicted octanol–water partition coefficient (Wildman–Crippen LogP) is 5.65. The summed E-state index contributed by atoms with van der Waals surface area (Å²) in [5.41, 5.74) is 8.74. The zero-order valence-electron chi connectivity index (χ0n) is 22.3. The number of fused-ring (bicyclic) bond motifs is 6. The van der Waals surface area contributed by atoms with Crippen molar-refractivity contribution in [2.45, 2.75) is 71.1 Å². The van der Waals surface area contributed by atoms with E-state index in [-0.39, 0.29) is 11.4 Å². The van der Waals surface area contributed by atoms with E-state index in [0.717, 1.165) is 58.6 Å². The Kier molecular flexibility index (Phi) is 6.96. The van der Waals surface area contributed by atoms with Crippen LogP contribution >= 0.6 is 0 Å². The summed E-state index contributed by atoms with van der Waals surface area (Å²) in [6, 6.07) is 0. The summed E-state index contributed by atoms with van der Waals surface area (Å²) in [6.07, 6.45) is 9.92. The Bertz CT molecular complexity index is 1550. The Labute approximate surface area is 220 Å². The molecule has 4 aromatic rings. The minimum absolute atomic E-state index is 0.140. The van der Waals surface area contributed by atoms with Gasteiger partial charge in [0.15, 0.2) is 11.4 Å². The molecule has 2 atom stereocenters. The number of nitrogens with zero attached hydrogens (tertiary/aromatic N) is 2. The zero-order valence-corrected chi connectivity index (χ0v) is 22.3. The van der Waals surface area contributed by atoms with E-state index >= 15 is 0 Å². The second-order valence-corrected chi connectivity index (χ2v) is 10.5. The molecule has 4 aromatic heterocycles. The second-order valence-electron chi connectivity index (χ2n) is 10.5. The van der Waals surface area contributed by atoms with E-state index in [0.29, 0.717) is 18.4 Å². The first-order valence-electron chi connectivity index (χ1n) is 13.2. The van der Waals surface area contributed by atoms with Crippen LogP contribution in [0.1, 0.15) is 99.1 Å². The van der Waals surface area contributed by atoms with Crippen molar-refractivity contribution >= 4 is 33.7 Å². The summed E-state index contributed by atoms with van der Waals surface area (Å²) in [5, 5.41) is 20.5. The van der Waals surface area contributed by atoms with Gasteiger partial charge in [-0.25, -0.2) is 19.6 Å². The quantitative estimate of drug-likeness (QED) is 0.274. The number of pyridine rings is 2. The fourth-order valence-corrected chi connectivity index (χ4v) is 6.45. The lowest BCUT2D eigenvalue weighted by Gasteiger charge is -2.22.